The first-order valence-corrected chi connectivity index (χ1v) is 11.3. The second-order valence-electron chi connectivity index (χ2n) is 6.57. The lowest BCUT2D eigenvalue weighted by molar-refractivity contribution is -0.118. The second-order valence-corrected chi connectivity index (χ2v) is 9.36. The number of sulfonamides is 1. The first-order chi connectivity index (χ1) is 13.7. The van der Waals surface area contributed by atoms with Gasteiger partial charge in [-0.3, -0.25) is 9.10 Å². The summed E-state index contributed by atoms with van der Waals surface area (Å²) in [6.07, 6.45) is 1.06. The summed E-state index contributed by atoms with van der Waals surface area (Å²) < 4.78 is 39.0. The Labute approximate surface area is 179 Å². The molecule has 1 aliphatic rings. The Morgan fingerprint density at radius 3 is 2.55 bits per heavy atom. The van der Waals surface area contributed by atoms with E-state index in [1.807, 2.05) is 0 Å². The summed E-state index contributed by atoms with van der Waals surface area (Å²) in [6.45, 7) is 2.35. The highest BCUT2D eigenvalue weighted by atomic mass is 79.9. The van der Waals surface area contributed by atoms with Gasteiger partial charge < -0.3 is 14.4 Å². The zero-order valence-corrected chi connectivity index (χ0v) is 19.1. The number of rotatable bonds is 6. The third-order valence-electron chi connectivity index (χ3n) is 5.00. The number of hydrogen-bond acceptors (Lipinski definition) is 5. The molecule has 0 aromatic heterocycles. The monoisotopic (exact) mass is 482 g/mol. The highest BCUT2D eigenvalue weighted by molar-refractivity contribution is 9.10. The van der Waals surface area contributed by atoms with Crippen molar-refractivity contribution < 1.29 is 22.7 Å². The maximum Gasteiger partial charge on any atom is 0.265 e. The molecule has 1 heterocycles. The van der Waals surface area contributed by atoms with Gasteiger partial charge >= 0.3 is 0 Å². The lowest BCUT2D eigenvalue weighted by Crippen LogP contribution is -2.29. The van der Waals surface area contributed by atoms with Crippen LogP contribution in [0.15, 0.2) is 39.7 Å². The van der Waals surface area contributed by atoms with Gasteiger partial charge in [0.1, 0.15) is 16.4 Å². The van der Waals surface area contributed by atoms with E-state index in [0.717, 1.165) is 5.56 Å². The minimum Gasteiger partial charge on any atom is -0.497 e. The van der Waals surface area contributed by atoms with Crippen LogP contribution in [0, 0.1) is 0 Å². The van der Waals surface area contributed by atoms with Gasteiger partial charge in [-0.25, -0.2) is 8.42 Å². The Bertz CT molecular complexity index is 1060. The molecule has 7 nitrogen and oxygen atoms in total. The SMILES string of the molecule is CCC(=O)N1CCc2cc(Br)c(S(=O)(=O)N(C)c3ccc(OC)cc3OC)cc21. The third kappa shape index (κ3) is 3.81. The molecule has 0 N–H and O–H groups in total. The third-order valence-corrected chi connectivity index (χ3v) is 7.73. The molecule has 0 atom stereocenters. The molecule has 3 rings (SSSR count). The summed E-state index contributed by atoms with van der Waals surface area (Å²) in [7, 11) is 0.540. The van der Waals surface area contributed by atoms with Gasteiger partial charge in [-0.05, 0) is 52.2 Å². The Hall–Kier alpha value is -2.26. The van der Waals surface area contributed by atoms with Gasteiger partial charge in [0.25, 0.3) is 10.0 Å². The predicted octanol–water partition coefficient (Wildman–Crippen LogP) is 3.59. The van der Waals surface area contributed by atoms with E-state index in [1.54, 1.807) is 42.2 Å². The number of carbonyl (C=O) groups is 1. The van der Waals surface area contributed by atoms with Crippen molar-refractivity contribution in [2.45, 2.75) is 24.7 Å². The summed E-state index contributed by atoms with van der Waals surface area (Å²) in [6, 6.07) is 8.28. The van der Waals surface area contributed by atoms with E-state index < -0.39 is 10.0 Å². The summed E-state index contributed by atoms with van der Waals surface area (Å²) in [5.74, 6) is 0.902. The number of nitrogens with zero attached hydrogens (tertiary/aromatic N) is 2. The highest BCUT2D eigenvalue weighted by Crippen LogP contribution is 2.39. The van der Waals surface area contributed by atoms with Crippen LogP contribution in [0.3, 0.4) is 0 Å². The molecule has 1 aliphatic heterocycles. The van der Waals surface area contributed by atoms with Crippen LogP contribution in [-0.4, -0.2) is 42.1 Å². The quantitative estimate of drug-likeness (QED) is 0.628. The molecule has 2 aromatic rings. The number of methoxy groups -OCH3 is 2. The number of anilines is 2. The van der Waals surface area contributed by atoms with E-state index in [9.17, 15) is 13.2 Å². The van der Waals surface area contributed by atoms with Gasteiger partial charge in [-0.15, -0.1) is 0 Å². The van der Waals surface area contributed by atoms with Crippen molar-refractivity contribution in [3.63, 3.8) is 0 Å². The molecule has 0 spiro atoms. The van der Waals surface area contributed by atoms with Crippen molar-refractivity contribution in [2.24, 2.45) is 0 Å². The van der Waals surface area contributed by atoms with E-state index in [2.05, 4.69) is 15.9 Å². The fourth-order valence-electron chi connectivity index (χ4n) is 3.36. The lowest BCUT2D eigenvalue weighted by Gasteiger charge is -2.24. The molecule has 0 bridgehead atoms. The average Bonchev–Trinajstić information content (AvgIpc) is 3.13. The van der Waals surface area contributed by atoms with Gasteiger partial charge in [0, 0.05) is 36.2 Å². The maximum absolute atomic E-state index is 13.4. The van der Waals surface area contributed by atoms with Crippen LogP contribution in [0.4, 0.5) is 11.4 Å². The van der Waals surface area contributed by atoms with Gasteiger partial charge in [-0.1, -0.05) is 6.92 Å². The molecular formula is C20H23BrN2O5S. The molecule has 0 fully saturated rings. The van der Waals surface area contributed by atoms with Crippen molar-refractivity contribution in [3.05, 3.63) is 40.4 Å². The van der Waals surface area contributed by atoms with E-state index in [0.29, 0.717) is 46.7 Å². The van der Waals surface area contributed by atoms with Crippen molar-refractivity contribution in [1.82, 2.24) is 0 Å². The Morgan fingerprint density at radius 1 is 1.21 bits per heavy atom. The van der Waals surface area contributed by atoms with Crippen molar-refractivity contribution in [2.75, 3.05) is 37.0 Å². The minimum atomic E-state index is -3.92. The van der Waals surface area contributed by atoms with Crippen LogP contribution < -0.4 is 18.7 Å². The standard InChI is InChI=1S/C20H23BrN2O5S/c1-5-20(24)23-9-8-13-10-15(21)19(12-17(13)23)29(25,26)22(2)16-7-6-14(27-3)11-18(16)28-4/h6-7,10-12H,5,8-9H2,1-4H3. The fraction of sp³-hybridized carbons (Fsp3) is 0.350. The van der Waals surface area contributed by atoms with Crippen molar-refractivity contribution in [1.29, 1.82) is 0 Å². The molecule has 0 aliphatic carbocycles. The zero-order valence-electron chi connectivity index (χ0n) is 16.7. The minimum absolute atomic E-state index is 0.0281. The lowest BCUT2D eigenvalue weighted by atomic mass is 10.2. The van der Waals surface area contributed by atoms with Crippen LogP contribution in [-0.2, 0) is 21.2 Å². The summed E-state index contributed by atoms with van der Waals surface area (Å²) >= 11 is 3.40. The number of carbonyl (C=O) groups excluding carboxylic acids is 1. The molecule has 0 saturated heterocycles. The molecule has 2 aromatic carbocycles. The number of fused-ring (bicyclic) bond motifs is 1. The van der Waals surface area contributed by atoms with Gasteiger partial charge in [-0.2, -0.15) is 0 Å². The first-order valence-electron chi connectivity index (χ1n) is 9.08. The summed E-state index contributed by atoms with van der Waals surface area (Å²) in [4.78, 5) is 14.0. The van der Waals surface area contributed by atoms with Crippen LogP contribution in [0.2, 0.25) is 0 Å². The maximum atomic E-state index is 13.4. The molecule has 156 valence electrons. The molecule has 0 unspecified atom stereocenters. The Balaban J connectivity index is 2.07. The summed E-state index contributed by atoms with van der Waals surface area (Å²) in [5, 5.41) is 0. The molecular weight excluding hydrogens is 460 g/mol. The number of halogens is 1. The molecule has 29 heavy (non-hydrogen) atoms. The van der Waals surface area contributed by atoms with Crippen molar-refractivity contribution in [3.8, 4) is 11.5 Å². The fourth-order valence-corrected chi connectivity index (χ4v) is 5.63. The van der Waals surface area contributed by atoms with Crippen LogP contribution in [0.25, 0.3) is 0 Å². The second kappa shape index (κ2) is 8.23. The van der Waals surface area contributed by atoms with Crippen molar-refractivity contribution >= 4 is 43.2 Å². The number of hydrogen-bond donors (Lipinski definition) is 0. The van der Waals surface area contributed by atoms with Gasteiger partial charge in [0.2, 0.25) is 5.91 Å². The molecule has 0 saturated carbocycles. The van der Waals surface area contributed by atoms with Gasteiger partial charge in [0.05, 0.1) is 19.9 Å². The normalized spacial score (nSPS) is 13.2. The molecule has 9 heteroatoms. The van der Waals surface area contributed by atoms with E-state index in [1.165, 1.54) is 25.6 Å². The van der Waals surface area contributed by atoms with E-state index >= 15 is 0 Å². The van der Waals surface area contributed by atoms with E-state index in [4.69, 9.17) is 9.47 Å². The summed E-state index contributed by atoms with van der Waals surface area (Å²) in [5.41, 5.74) is 1.97. The topological polar surface area (TPSA) is 76.2 Å². The van der Waals surface area contributed by atoms with E-state index in [-0.39, 0.29) is 10.8 Å². The molecule has 1 amide bonds. The largest absolute Gasteiger partial charge is 0.497 e. The zero-order chi connectivity index (χ0) is 21.3. The Kier molecular flexibility index (Phi) is 6.09. The highest BCUT2D eigenvalue weighted by Gasteiger charge is 2.31. The average molecular weight is 483 g/mol. The van der Waals surface area contributed by atoms with Crippen LogP contribution in [0.5, 0.6) is 11.5 Å². The van der Waals surface area contributed by atoms with Crippen LogP contribution in [0.1, 0.15) is 18.9 Å². The first kappa shape index (κ1) is 21.4. The molecule has 0 radical (unpaired) electrons. The smallest absolute Gasteiger partial charge is 0.265 e. The van der Waals surface area contributed by atoms with Gasteiger partial charge in [0.15, 0.2) is 0 Å². The number of amides is 1. The van der Waals surface area contributed by atoms with Crippen LogP contribution >= 0.6 is 15.9 Å². The number of benzene rings is 2. The number of ether oxygens (including phenoxy) is 2. The Morgan fingerprint density at radius 2 is 1.93 bits per heavy atom. The predicted molar refractivity (Wildman–Crippen MR) is 116 cm³/mol.